The molecule has 1 aromatic heterocycles. The fourth-order valence-corrected chi connectivity index (χ4v) is 1.59. The van der Waals surface area contributed by atoms with Gasteiger partial charge in [0.2, 0.25) is 0 Å². The van der Waals surface area contributed by atoms with Crippen LogP contribution < -0.4 is 5.56 Å². The predicted octanol–water partition coefficient (Wildman–Crippen LogP) is 1.69. The van der Waals surface area contributed by atoms with Gasteiger partial charge in [-0.15, -0.1) is 0 Å². The number of benzene rings is 1. The van der Waals surface area contributed by atoms with Gasteiger partial charge in [0.05, 0.1) is 10.9 Å². The maximum Gasteiger partial charge on any atom is 0.419 e. The van der Waals surface area contributed by atoms with Gasteiger partial charge in [0.15, 0.2) is 0 Å². The zero-order valence-corrected chi connectivity index (χ0v) is 8.93. The number of fused-ring (bicyclic) bond motifs is 1. The van der Waals surface area contributed by atoms with Crippen LogP contribution in [0.15, 0.2) is 33.8 Å². The highest BCUT2D eigenvalue weighted by molar-refractivity contribution is 9.10. The molecule has 0 aliphatic carbocycles. The smallest absolute Gasteiger partial charge is 0.419 e. The Balaban J connectivity index is 2.89. The number of aromatic nitrogens is 2. The van der Waals surface area contributed by atoms with E-state index in [2.05, 4.69) is 20.9 Å². The van der Waals surface area contributed by atoms with Crippen molar-refractivity contribution in [2.45, 2.75) is 0 Å². The molecule has 5 nitrogen and oxygen atoms in total. The van der Waals surface area contributed by atoms with Gasteiger partial charge in [-0.3, -0.25) is 4.79 Å². The average Bonchev–Trinajstić information content (AvgIpc) is 2.19. The maximum atomic E-state index is 11.6. The van der Waals surface area contributed by atoms with E-state index in [0.717, 1.165) is 6.33 Å². The summed E-state index contributed by atoms with van der Waals surface area (Å²) in [6, 6.07) is 4.93. The van der Waals surface area contributed by atoms with Crippen molar-refractivity contribution >= 4 is 32.9 Å². The Morgan fingerprint density at radius 1 is 1.47 bits per heavy atom. The summed E-state index contributed by atoms with van der Waals surface area (Å²) < 4.78 is 1.26. The Morgan fingerprint density at radius 2 is 2.20 bits per heavy atom. The molecule has 0 aliphatic rings. The first-order chi connectivity index (χ1) is 7.09. The van der Waals surface area contributed by atoms with Gasteiger partial charge in [0.25, 0.3) is 5.56 Å². The van der Waals surface area contributed by atoms with Crippen molar-refractivity contribution < 1.29 is 9.90 Å². The zero-order chi connectivity index (χ0) is 11.0. The van der Waals surface area contributed by atoms with Crippen LogP contribution in [-0.2, 0) is 0 Å². The standard InChI is InChI=1S/C9H5BrN2O3/c10-5-1-2-7-6(3-5)8(13)12(4-11-7)9(14)15/h1-4H,(H,14,15). The molecular formula is C9H5BrN2O3. The quantitative estimate of drug-likeness (QED) is 0.789. The van der Waals surface area contributed by atoms with Crippen molar-refractivity contribution in [2.75, 3.05) is 0 Å². The van der Waals surface area contributed by atoms with Gasteiger partial charge in [0, 0.05) is 4.47 Å². The first-order valence-electron chi connectivity index (χ1n) is 4.00. The molecule has 0 fully saturated rings. The molecule has 0 bridgehead atoms. The van der Waals surface area contributed by atoms with E-state index < -0.39 is 11.7 Å². The Morgan fingerprint density at radius 3 is 2.87 bits per heavy atom. The second-order valence-electron chi connectivity index (χ2n) is 2.86. The lowest BCUT2D eigenvalue weighted by atomic mass is 10.2. The Bertz CT molecular complexity index is 606. The van der Waals surface area contributed by atoms with Crippen LogP contribution >= 0.6 is 15.9 Å². The van der Waals surface area contributed by atoms with Crippen LogP contribution in [-0.4, -0.2) is 20.8 Å². The van der Waals surface area contributed by atoms with Crippen LogP contribution in [0.2, 0.25) is 0 Å². The van der Waals surface area contributed by atoms with Crippen LogP contribution in [0.5, 0.6) is 0 Å². The minimum atomic E-state index is -1.34. The molecule has 1 heterocycles. The first-order valence-corrected chi connectivity index (χ1v) is 4.79. The van der Waals surface area contributed by atoms with Gasteiger partial charge in [-0.05, 0) is 18.2 Å². The van der Waals surface area contributed by atoms with Crippen LogP contribution in [0, 0.1) is 0 Å². The number of carbonyl (C=O) groups is 1. The van der Waals surface area contributed by atoms with Gasteiger partial charge in [-0.25, -0.2) is 14.3 Å². The molecule has 0 saturated heterocycles. The molecular weight excluding hydrogens is 264 g/mol. The van der Waals surface area contributed by atoms with Crippen LogP contribution in [0.4, 0.5) is 4.79 Å². The van der Waals surface area contributed by atoms with Crippen molar-refractivity contribution in [1.82, 2.24) is 9.55 Å². The summed E-state index contributed by atoms with van der Waals surface area (Å²) in [4.78, 5) is 26.2. The molecule has 15 heavy (non-hydrogen) atoms. The minimum Gasteiger partial charge on any atom is -0.464 e. The molecule has 76 valence electrons. The molecule has 2 rings (SSSR count). The Labute approximate surface area is 92.1 Å². The van der Waals surface area contributed by atoms with E-state index in [9.17, 15) is 9.59 Å². The van der Waals surface area contributed by atoms with Crippen molar-refractivity contribution in [3.8, 4) is 0 Å². The van der Waals surface area contributed by atoms with Gasteiger partial charge < -0.3 is 5.11 Å². The number of hydrogen-bond acceptors (Lipinski definition) is 3. The third-order valence-corrected chi connectivity index (χ3v) is 2.42. The highest BCUT2D eigenvalue weighted by atomic mass is 79.9. The summed E-state index contributed by atoms with van der Waals surface area (Å²) >= 11 is 3.20. The van der Waals surface area contributed by atoms with Crippen molar-refractivity contribution in [1.29, 1.82) is 0 Å². The highest BCUT2D eigenvalue weighted by Gasteiger charge is 2.08. The zero-order valence-electron chi connectivity index (χ0n) is 7.35. The molecule has 1 aromatic carbocycles. The second kappa shape index (κ2) is 3.47. The fourth-order valence-electron chi connectivity index (χ4n) is 1.23. The molecule has 0 radical (unpaired) electrons. The molecule has 0 amide bonds. The predicted molar refractivity (Wildman–Crippen MR) is 57.1 cm³/mol. The van der Waals surface area contributed by atoms with Crippen molar-refractivity contribution in [3.05, 3.63) is 39.4 Å². The third-order valence-electron chi connectivity index (χ3n) is 1.93. The van der Waals surface area contributed by atoms with Crippen LogP contribution in [0.25, 0.3) is 10.9 Å². The topological polar surface area (TPSA) is 72.2 Å². The lowest BCUT2D eigenvalue weighted by molar-refractivity contribution is 0.195. The van der Waals surface area contributed by atoms with Gasteiger partial charge in [-0.2, -0.15) is 0 Å². The SMILES string of the molecule is O=C(O)n1cnc2ccc(Br)cc2c1=O. The van der Waals surface area contributed by atoms with Gasteiger partial charge in [0.1, 0.15) is 6.33 Å². The lowest BCUT2D eigenvalue weighted by Crippen LogP contribution is -2.25. The van der Waals surface area contributed by atoms with E-state index in [1.54, 1.807) is 18.2 Å². The van der Waals surface area contributed by atoms with E-state index in [1.807, 2.05) is 0 Å². The number of nitrogens with zero attached hydrogens (tertiary/aromatic N) is 2. The highest BCUT2D eigenvalue weighted by Crippen LogP contribution is 2.14. The number of halogens is 1. The second-order valence-corrected chi connectivity index (χ2v) is 3.78. The molecule has 0 unspecified atom stereocenters. The lowest BCUT2D eigenvalue weighted by Gasteiger charge is -2.00. The average molecular weight is 269 g/mol. The summed E-state index contributed by atoms with van der Waals surface area (Å²) in [5, 5.41) is 8.98. The molecule has 2 aromatic rings. The Kier molecular flexibility index (Phi) is 2.28. The fraction of sp³-hybridized carbons (Fsp3) is 0. The molecule has 0 spiro atoms. The van der Waals surface area contributed by atoms with E-state index in [4.69, 9.17) is 5.11 Å². The summed E-state index contributed by atoms with van der Waals surface area (Å²) in [5.74, 6) is 0. The van der Waals surface area contributed by atoms with E-state index in [0.29, 0.717) is 14.6 Å². The number of rotatable bonds is 0. The minimum absolute atomic E-state index is 0.272. The van der Waals surface area contributed by atoms with E-state index in [-0.39, 0.29) is 5.39 Å². The summed E-state index contributed by atoms with van der Waals surface area (Å²) in [6.07, 6.45) is -0.338. The first kappa shape index (κ1) is 9.85. The number of carboxylic acid groups (broad SMARTS) is 1. The van der Waals surface area contributed by atoms with Gasteiger partial charge >= 0.3 is 6.09 Å². The maximum absolute atomic E-state index is 11.6. The molecule has 0 aliphatic heterocycles. The Hall–Kier alpha value is -1.69. The summed E-state index contributed by atoms with van der Waals surface area (Å²) in [6.45, 7) is 0. The largest absolute Gasteiger partial charge is 0.464 e. The molecule has 1 N–H and O–H groups in total. The third kappa shape index (κ3) is 1.63. The van der Waals surface area contributed by atoms with Crippen LogP contribution in [0.1, 0.15) is 0 Å². The van der Waals surface area contributed by atoms with Gasteiger partial charge in [-0.1, -0.05) is 15.9 Å². The summed E-state index contributed by atoms with van der Waals surface area (Å²) in [5.41, 5.74) is -0.116. The van der Waals surface area contributed by atoms with Crippen molar-refractivity contribution in [2.24, 2.45) is 0 Å². The summed E-state index contributed by atoms with van der Waals surface area (Å²) in [7, 11) is 0. The van der Waals surface area contributed by atoms with E-state index >= 15 is 0 Å². The monoisotopic (exact) mass is 268 g/mol. The molecule has 0 saturated carbocycles. The number of hydrogen-bond donors (Lipinski definition) is 1. The molecule has 6 heteroatoms. The molecule has 0 atom stereocenters. The van der Waals surface area contributed by atoms with E-state index in [1.165, 1.54) is 0 Å². The van der Waals surface area contributed by atoms with Crippen molar-refractivity contribution in [3.63, 3.8) is 0 Å². The normalized spacial score (nSPS) is 10.5. The van der Waals surface area contributed by atoms with Crippen LogP contribution in [0.3, 0.4) is 0 Å².